The van der Waals surface area contributed by atoms with Crippen molar-refractivity contribution in [1.29, 1.82) is 0 Å². The van der Waals surface area contributed by atoms with E-state index in [1.807, 2.05) is 29.2 Å². The predicted molar refractivity (Wildman–Crippen MR) is 98.2 cm³/mol. The number of carbonyl (C=O) groups excluding carboxylic acids is 2. The fraction of sp³-hybridized carbons (Fsp3) is 0.263. The summed E-state index contributed by atoms with van der Waals surface area (Å²) >= 11 is 1.50. The first kappa shape index (κ1) is 15.9. The molecule has 6 heteroatoms. The summed E-state index contributed by atoms with van der Waals surface area (Å²) in [6.07, 6.45) is 4.84. The molecule has 1 aliphatic rings. The zero-order valence-corrected chi connectivity index (χ0v) is 14.5. The van der Waals surface area contributed by atoms with Crippen molar-refractivity contribution in [3.63, 3.8) is 0 Å². The highest BCUT2D eigenvalue weighted by atomic mass is 32.1. The van der Waals surface area contributed by atoms with Gasteiger partial charge in [-0.05, 0) is 61.0 Å². The zero-order chi connectivity index (χ0) is 17.2. The predicted octanol–water partition coefficient (Wildman–Crippen LogP) is 4.37. The standard InChI is InChI=1S/C19H18N2O3S/c22-18(15-5-4-10-24-15)20-14-6-7-16-13(11-14)12-17(25-16)19(23)21-8-2-1-3-9-21/h4-7,10-12H,1-3,8-9H2,(H,20,22). The summed E-state index contributed by atoms with van der Waals surface area (Å²) in [6, 6.07) is 10.9. The van der Waals surface area contributed by atoms with E-state index in [0.29, 0.717) is 5.69 Å². The molecule has 0 radical (unpaired) electrons. The molecule has 0 bridgehead atoms. The van der Waals surface area contributed by atoms with Crippen molar-refractivity contribution in [2.45, 2.75) is 19.3 Å². The zero-order valence-electron chi connectivity index (χ0n) is 13.7. The van der Waals surface area contributed by atoms with E-state index in [-0.39, 0.29) is 17.6 Å². The van der Waals surface area contributed by atoms with Gasteiger partial charge in [-0.2, -0.15) is 0 Å². The number of anilines is 1. The fourth-order valence-electron chi connectivity index (χ4n) is 3.08. The largest absolute Gasteiger partial charge is 0.459 e. The van der Waals surface area contributed by atoms with Gasteiger partial charge < -0.3 is 14.6 Å². The SMILES string of the molecule is O=C(Nc1ccc2sc(C(=O)N3CCCCC3)cc2c1)c1ccco1. The number of thiophene rings is 1. The molecule has 2 aromatic heterocycles. The lowest BCUT2D eigenvalue weighted by molar-refractivity contribution is 0.0729. The second-order valence-corrected chi connectivity index (χ2v) is 7.23. The Morgan fingerprint density at radius 2 is 1.92 bits per heavy atom. The number of hydrogen-bond donors (Lipinski definition) is 1. The summed E-state index contributed by atoms with van der Waals surface area (Å²) < 4.78 is 6.14. The number of furan rings is 1. The third-order valence-electron chi connectivity index (χ3n) is 4.37. The lowest BCUT2D eigenvalue weighted by atomic mass is 10.1. The molecule has 0 spiro atoms. The van der Waals surface area contributed by atoms with E-state index in [9.17, 15) is 9.59 Å². The highest BCUT2D eigenvalue weighted by Gasteiger charge is 2.20. The van der Waals surface area contributed by atoms with Crippen LogP contribution in [0.2, 0.25) is 0 Å². The number of nitrogens with one attached hydrogen (secondary N) is 1. The van der Waals surface area contributed by atoms with Crippen molar-refractivity contribution in [3.05, 3.63) is 53.3 Å². The number of nitrogens with zero attached hydrogens (tertiary/aromatic N) is 1. The number of rotatable bonds is 3. The average molecular weight is 354 g/mol. The van der Waals surface area contributed by atoms with Gasteiger partial charge in [0.25, 0.3) is 11.8 Å². The molecule has 3 heterocycles. The smallest absolute Gasteiger partial charge is 0.291 e. The minimum absolute atomic E-state index is 0.113. The molecular formula is C19H18N2O3S. The van der Waals surface area contributed by atoms with Gasteiger partial charge in [-0.3, -0.25) is 9.59 Å². The van der Waals surface area contributed by atoms with Crippen LogP contribution >= 0.6 is 11.3 Å². The number of carbonyl (C=O) groups is 2. The minimum Gasteiger partial charge on any atom is -0.459 e. The second kappa shape index (κ2) is 6.72. The topological polar surface area (TPSA) is 62.6 Å². The lowest BCUT2D eigenvalue weighted by Crippen LogP contribution is -2.35. The van der Waals surface area contributed by atoms with E-state index in [4.69, 9.17) is 4.42 Å². The summed E-state index contributed by atoms with van der Waals surface area (Å²) in [6.45, 7) is 1.69. The van der Waals surface area contributed by atoms with Crippen LogP contribution in [0.3, 0.4) is 0 Å². The Morgan fingerprint density at radius 1 is 1.08 bits per heavy atom. The van der Waals surface area contributed by atoms with Gasteiger partial charge in [0.1, 0.15) is 0 Å². The first-order valence-corrected chi connectivity index (χ1v) is 9.20. The summed E-state index contributed by atoms with van der Waals surface area (Å²) in [4.78, 5) is 27.4. The summed E-state index contributed by atoms with van der Waals surface area (Å²) in [7, 11) is 0. The van der Waals surface area contributed by atoms with Crippen LogP contribution in [-0.2, 0) is 0 Å². The van der Waals surface area contributed by atoms with Gasteiger partial charge in [0.05, 0.1) is 11.1 Å². The molecule has 0 unspecified atom stereocenters. The first-order chi connectivity index (χ1) is 12.2. The number of amides is 2. The molecule has 0 saturated carbocycles. The molecule has 0 atom stereocenters. The lowest BCUT2D eigenvalue weighted by Gasteiger charge is -2.26. The van der Waals surface area contributed by atoms with Crippen LogP contribution in [0.5, 0.6) is 0 Å². The molecule has 0 aliphatic carbocycles. The van der Waals surface area contributed by atoms with Crippen LogP contribution in [0, 0.1) is 0 Å². The molecule has 1 saturated heterocycles. The van der Waals surface area contributed by atoms with E-state index in [0.717, 1.165) is 40.9 Å². The maximum Gasteiger partial charge on any atom is 0.291 e. The molecule has 5 nitrogen and oxygen atoms in total. The Balaban J connectivity index is 1.54. The number of fused-ring (bicyclic) bond motifs is 1. The van der Waals surface area contributed by atoms with Crippen molar-refractivity contribution in [2.75, 3.05) is 18.4 Å². The van der Waals surface area contributed by atoms with Gasteiger partial charge in [-0.25, -0.2) is 0 Å². The van der Waals surface area contributed by atoms with Crippen LogP contribution in [0.1, 0.15) is 39.5 Å². The number of likely N-dealkylation sites (tertiary alicyclic amines) is 1. The van der Waals surface area contributed by atoms with Gasteiger partial charge in [-0.15, -0.1) is 11.3 Å². The molecule has 1 aromatic carbocycles. The molecule has 4 rings (SSSR count). The molecule has 1 N–H and O–H groups in total. The van der Waals surface area contributed by atoms with E-state index in [1.165, 1.54) is 24.0 Å². The third-order valence-corrected chi connectivity index (χ3v) is 5.48. The normalized spacial score (nSPS) is 14.6. The number of piperidine rings is 1. The second-order valence-electron chi connectivity index (χ2n) is 6.15. The van der Waals surface area contributed by atoms with E-state index in [2.05, 4.69) is 5.32 Å². The monoisotopic (exact) mass is 354 g/mol. The van der Waals surface area contributed by atoms with E-state index in [1.54, 1.807) is 12.1 Å². The van der Waals surface area contributed by atoms with Crippen molar-refractivity contribution in [2.24, 2.45) is 0 Å². The average Bonchev–Trinajstić information content (AvgIpc) is 3.31. The molecule has 2 amide bonds. The van der Waals surface area contributed by atoms with Crippen molar-refractivity contribution >= 4 is 38.9 Å². The fourth-order valence-corrected chi connectivity index (χ4v) is 4.09. The van der Waals surface area contributed by atoms with Crippen molar-refractivity contribution in [3.8, 4) is 0 Å². The molecule has 1 fully saturated rings. The first-order valence-electron chi connectivity index (χ1n) is 8.38. The molecule has 128 valence electrons. The highest BCUT2D eigenvalue weighted by Crippen LogP contribution is 2.29. The van der Waals surface area contributed by atoms with E-state index >= 15 is 0 Å². The molecule has 25 heavy (non-hydrogen) atoms. The van der Waals surface area contributed by atoms with Gasteiger partial charge >= 0.3 is 0 Å². The van der Waals surface area contributed by atoms with Crippen LogP contribution in [0.15, 0.2) is 47.1 Å². The third kappa shape index (κ3) is 3.30. The Hall–Kier alpha value is -2.60. The summed E-state index contributed by atoms with van der Waals surface area (Å²) in [5.41, 5.74) is 0.684. The van der Waals surface area contributed by atoms with Gasteiger partial charge in [0.2, 0.25) is 0 Å². The summed E-state index contributed by atoms with van der Waals surface area (Å²) in [5, 5.41) is 3.78. The summed E-state index contributed by atoms with van der Waals surface area (Å²) in [5.74, 6) is 0.0950. The van der Waals surface area contributed by atoms with Crippen LogP contribution in [0.4, 0.5) is 5.69 Å². The van der Waals surface area contributed by atoms with Gasteiger partial charge in [0, 0.05) is 23.5 Å². The minimum atomic E-state index is -0.288. The molecule has 1 aliphatic heterocycles. The van der Waals surface area contributed by atoms with E-state index < -0.39 is 0 Å². The maximum absolute atomic E-state index is 12.6. The Bertz CT molecular complexity index is 908. The van der Waals surface area contributed by atoms with Crippen molar-refractivity contribution in [1.82, 2.24) is 4.90 Å². The highest BCUT2D eigenvalue weighted by molar-refractivity contribution is 7.20. The number of benzene rings is 1. The Kier molecular flexibility index (Phi) is 4.28. The maximum atomic E-state index is 12.6. The molecular weight excluding hydrogens is 336 g/mol. The van der Waals surface area contributed by atoms with Crippen LogP contribution in [-0.4, -0.2) is 29.8 Å². The quantitative estimate of drug-likeness (QED) is 0.759. The molecule has 3 aromatic rings. The van der Waals surface area contributed by atoms with Gasteiger partial charge in [0.15, 0.2) is 5.76 Å². The number of hydrogen-bond acceptors (Lipinski definition) is 4. The van der Waals surface area contributed by atoms with Crippen LogP contribution in [0.25, 0.3) is 10.1 Å². The van der Waals surface area contributed by atoms with Gasteiger partial charge in [-0.1, -0.05) is 0 Å². The Morgan fingerprint density at radius 3 is 2.68 bits per heavy atom. The van der Waals surface area contributed by atoms with Crippen LogP contribution < -0.4 is 5.32 Å². The Labute approximate surface area is 149 Å². The van der Waals surface area contributed by atoms with Crippen molar-refractivity contribution < 1.29 is 14.0 Å².